The molecule has 4 heteroatoms. The summed E-state index contributed by atoms with van der Waals surface area (Å²) < 4.78 is 5.74. The highest BCUT2D eigenvalue weighted by molar-refractivity contribution is 5.94. The molecule has 0 aliphatic rings. The van der Waals surface area contributed by atoms with Crippen LogP contribution in [0.3, 0.4) is 0 Å². The monoisotopic (exact) mass is 375 g/mol. The normalized spacial score (nSPS) is 10.5. The minimum atomic E-state index is -0.0690. The van der Waals surface area contributed by atoms with Crippen LogP contribution in [-0.4, -0.2) is 35.6 Å². The van der Waals surface area contributed by atoms with Gasteiger partial charge >= 0.3 is 0 Å². The maximum absolute atomic E-state index is 12.8. The van der Waals surface area contributed by atoms with E-state index in [-0.39, 0.29) is 12.5 Å². The fourth-order valence-electron chi connectivity index (χ4n) is 2.95. The smallest absolute Gasteiger partial charge is 0.253 e. The zero-order valence-electron chi connectivity index (χ0n) is 15.8. The number of carbonyl (C=O) groups is 1. The van der Waals surface area contributed by atoms with Crippen LogP contribution < -0.4 is 4.74 Å². The SMILES string of the molecule is O=C(c1ccc(COc2ccccc2)cc1)N(CCO)CCc1ccccc1. The Kier molecular flexibility index (Phi) is 7.21. The maximum Gasteiger partial charge on any atom is 0.253 e. The Morgan fingerprint density at radius 1 is 0.786 bits per heavy atom. The quantitative estimate of drug-likeness (QED) is 0.616. The van der Waals surface area contributed by atoms with Gasteiger partial charge in [0.15, 0.2) is 0 Å². The molecule has 0 atom stereocenters. The van der Waals surface area contributed by atoms with E-state index >= 15 is 0 Å². The average molecular weight is 375 g/mol. The van der Waals surface area contributed by atoms with Crippen molar-refractivity contribution in [2.24, 2.45) is 0 Å². The fourth-order valence-corrected chi connectivity index (χ4v) is 2.95. The van der Waals surface area contributed by atoms with E-state index in [1.54, 1.807) is 4.90 Å². The van der Waals surface area contributed by atoms with E-state index in [1.165, 1.54) is 5.56 Å². The van der Waals surface area contributed by atoms with Crippen LogP contribution >= 0.6 is 0 Å². The summed E-state index contributed by atoms with van der Waals surface area (Å²) >= 11 is 0. The van der Waals surface area contributed by atoms with Gasteiger partial charge in [0.25, 0.3) is 5.91 Å². The van der Waals surface area contributed by atoms with Gasteiger partial charge < -0.3 is 14.7 Å². The van der Waals surface area contributed by atoms with Gasteiger partial charge in [0.2, 0.25) is 0 Å². The lowest BCUT2D eigenvalue weighted by atomic mass is 10.1. The van der Waals surface area contributed by atoms with Crippen LogP contribution in [0.4, 0.5) is 0 Å². The molecule has 0 bridgehead atoms. The Morgan fingerprint density at radius 3 is 2.07 bits per heavy atom. The van der Waals surface area contributed by atoms with Gasteiger partial charge in [0.1, 0.15) is 12.4 Å². The summed E-state index contributed by atoms with van der Waals surface area (Å²) in [5, 5.41) is 9.34. The second-order valence-electron chi connectivity index (χ2n) is 6.55. The first-order valence-corrected chi connectivity index (χ1v) is 9.47. The third-order valence-electron chi connectivity index (χ3n) is 4.52. The molecule has 4 nitrogen and oxygen atoms in total. The van der Waals surface area contributed by atoms with E-state index in [2.05, 4.69) is 0 Å². The first kappa shape index (κ1) is 19.6. The van der Waals surface area contributed by atoms with Gasteiger partial charge in [-0.05, 0) is 41.8 Å². The summed E-state index contributed by atoms with van der Waals surface area (Å²) in [5.74, 6) is 0.748. The molecule has 0 aromatic heterocycles. The second kappa shape index (κ2) is 10.3. The maximum atomic E-state index is 12.8. The molecule has 0 aliphatic carbocycles. The van der Waals surface area contributed by atoms with Crippen LogP contribution in [0.25, 0.3) is 0 Å². The standard InChI is InChI=1S/C24H25NO3/c26-18-17-25(16-15-20-7-3-1-4-8-20)24(27)22-13-11-21(12-14-22)19-28-23-9-5-2-6-10-23/h1-14,26H,15-19H2. The van der Waals surface area contributed by atoms with Crippen LogP contribution in [0.2, 0.25) is 0 Å². The molecule has 3 aromatic rings. The highest BCUT2D eigenvalue weighted by atomic mass is 16.5. The van der Waals surface area contributed by atoms with Gasteiger partial charge in [-0.3, -0.25) is 4.79 Å². The third kappa shape index (κ3) is 5.69. The van der Waals surface area contributed by atoms with Crippen molar-refractivity contribution in [3.8, 4) is 5.75 Å². The zero-order valence-corrected chi connectivity index (χ0v) is 15.8. The number of para-hydroxylation sites is 1. The molecule has 0 fully saturated rings. The van der Waals surface area contributed by atoms with Gasteiger partial charge in [0, 0.05) is 18.7 Å². The predicted molar refractivity (Wildman–Crippen MR) is 110 cm³/mol. The van der Waals surface area contributed by atoms with Gasteiger partial charge in [-0.2, -0.15) is 0 Å². The van der Waals surface area contributed by atoms with Crippen LogP contribution in [0.5, 0.6) is 5.75 Å². The van der Waals surface area contributed by atoms with Crippen molar-refractivity contribution in [3.63, 3.8) is 0 Å². The number of carbonyl (C=O) groups excluding carboxylic acids is 1. The van der Waals surface area contributed by atoms with E-state index < -0.39 is 0 Å². The van der Waals surface area contributed by atoms with Crippen molar-refractivity contribution >= 4 is 5.91 Å². The van der Waals surface area contributed by atoms with Crippen LogP contribution in [0.1, 0.15) is 21.5 Å². The highest BCUT2D eigenvalue weighted by Gasteiger charge is 2.15. The fraction of sp³-hybridized carbons (Fsp3) is 0.208. The summed E-state index contributed by atoms with van der Waals surface area (Å²) in [6.45, 7) is 1.29. The molecular weight excluding hydrogens is 350 g/mol. The number of amides is 1. The summed E-state index contributed by atoms with van der Waals surface area (Å²) in [7, 11) is 0. The van der Waals surface area contributed by atoms with Crippen molar-refractivity contribution in [3.05, 3.63) is 102 Å². The number of nitrogens with zero attached hydrogens (tertiary/aromatic N) is 1. The van der Waals surface area contributed by atoms with E-state index in [0.717, 1.165) is 17.7 Å². The Bertz CT molecular complexity index is 848. The molecule has 0 radical (unpaired) electrons. The molecule has 0 saturated carbocycles. The number of aliphatic hydroxyl groups is 1. The summed E-state index contributed by atoms with van der Waals surface area (Å²) in [5.41, 5.74) is 2.79. The first-order valence-electron chi connectivity index (χ1n) is 9.47. The molecule has 0 heterocycles. The predicted octanol–water partition coefficient (Wildman–Crippen LogP) is 3.94. The second-order valence-corrected chi connectivity index (χ2v) is 6.55. The van der Waals surface area contributed by atoms with Crippen molar-refractivity contribution in [1.29, 1.82) is 0 Å². The molecule has 3 aromatic carbocycles. The van der Waals surface area contributed by atoms with E-state index in [1.807, 2.05) is 84.9 Å². The number of rotatable bonds is 9. The number of aliphatic hydroxyl groups excluding tert-OH is 1. The van der Waals surface area contributed by atoms with Crippen molar-refractivity contribution in [2.75, 3.05) is 19.7 Å². The van der Waals surface area contributed by atoms with Crippen molar-refractivity contribution < 1.29 is 14.6 Å². The molecule has 28 heavy (non-hydrogen) atoms. The minimum Gasteiger partial charge on any atom is -0.489 e. The molecule has 3 rings (SSSR count). The Labute approximate surface area is 166 Å². The lowest BCUT2D eigenvalue weighted by molar-refractivity contribution is 0.0724. The Morgan fingerprint density at radius 2 is 1.43 bits per heavy atom. The summed E-state index contributed by atoms with van der Waals surface area (Å²) in [4.78, 5) is 14.5. The number of ether oxygens (including phenoxy) is 1. The van der Waals surface area contributed by atoms with Gasteiger partial charge in [-0.15, -0.1) is 0 Å². The third-order valence-corrected chi connectivity index (χ3v) is 4.52. The van der Waals surface area contributed by atoms with Crippen LogP contribution in [0.15, 0.2) is 84.9 Å². The molecule has 0 unspecified atom stereocenters. The van der Waals surface area contributed by atoms with Gasteiger partial charge in [0.05, 0.1) is 6.61 Å². The number of hydrogen-bond acceptors (Lipinski definition) is 3. The van der Waals surface area contributed by atoms with Crippen LogP contribution in [0, 0.1) is 0 Å². The molecule has 0 aliphatic heterocycles. The zero-order chi connectivity index (χ0) is 19.6. The lowest BCUT2D eigenvalue weighted by Crippen LogP contribution is -2.35. The summed E-state index contributed by atoms with van der Waals surface area (Å²) in [6.07, 6.45) is 0.760. The largest absolute Gasteiger partial charge is 0.489 e. The van der Waals surface area contributed by atoms with Gasteiger partial charge in [-0.25, -0.2) is 0 Å². The molecule has 144 valence electrons. The number of hydrogen-bond donors (Lipinski definition) is 1. The van der Waals surface area contributed by atoms with Crippen molar-refractivity contribution in [2.45, 2.75) is 13.0 Å². The van der Waals surface area contributed by atoms with Crippen LogP contribution in [-0.2, 0) is 13.0 Å². The molecular formula is C24H25NO3. The molecule has 0 spiro atoms. The number of benzene rings is 3. The molecule has 1 amide bonds. The average Bonchev–Trinajstić information content (AvgIpc) is 2.76. The van der Waals surface area contributed by atoms with Crippen molar-refractivity contribution in [1.82, 2.24) is 4.90 Å². The Hall–Kier alpha value is -3.11. The molecule has 0 saturated heterocycles. The van der Waals surface area contributed by atoms with E-state index in [0.29, 0.717) is 25.3 Å². The van der Waals surface area contributed by atoms with E-state index in [9.17, 15) is 9.90 Å². The topological polar surface area (TPSA) is 49.8 Å². The lowest BCUT2D eigenvalue weighted by Gasteiger charge is -2.22. The molecule has 1 N–H and O–H groups in total. The highest BCUT2D eigenvalue weighted by Crippen LogP contribution is 2.13. The van der Waals surface area contributed by atoms with Gasteiger partial charge in [-0.1, -0.05) is 60.7 Å². The minimum absolute atomic E-state index is 0.0521. The Balaban J connectivity index is 1.59. The summed E-state index contributed by atoms with van der Waals surface area (Å²) in [6, 6.07) is 27.1. The first-order chi connectivity index (χ1) is 13.8. The van der Waals surface area contributed by atoms with E-state index in [4.69, 9.17) is 4.74 Å².